The quantitative estimate of drug-likeness (QED) is 0.0521. The number of quaternary nitrogens is 2. The molecule has 0 radical (unpaired) electrons. The molecule has 1 unspecified atom stereocenters. The molecule has 0 spiro atoms. The number of nitrogens with one attached hydrogen (secondary N) is 1. The third-order valence-electron chi connectivity index (χ3n) is 11.2. The monoisotopic (exact) mass is 779 g/mol. The predicted molar refractivity (Wildman–Crippen MR) is 220 cm³/mol. The normalized spacial score (nSPS) is 13.7. The Morgan fingerprint density at radius 2 is 0.904 bits per heavy atom. The minimum Gasteiger partial charge on any atom is -1.00 e. The van der Waals surface area contributed by atoms with Crippen LogP contribution >= 0.6 is 0 Å². The van der Waals surface area contributed by atoms with E-state index in [0.717, 1.165) is 69.4 Å². The highest BCUT2D eigenvalue weighted by Gasteiger charge is 2.29. The summed E-state index contributed by atoms with van der Waals surface area (Å²) in [5, 5.41) is 3.19. The lowest BCUT2D eigenvalue weighted by Gasteiger charge is -2.38. The summed E-state index contributed by atoms with van der Waals surface area (Å²) < 4.78 is 0.968. The van der Waals surface area contributed by atoms with Crippen LogP contribution in [0.15, 0.2) is 0 Å². The average molecular weight is 780 g/mol. The summed E-state index contributed by atoms with van der Waals surface area (Å²) in [6.45, 7) is 9.42. The van der Waals surface area contributed by atoms with Crippen LogP contribution in [0.5, 0.6) is 0 Å². The number of likely N-dealkylation sites (tertiary alicyclic amines) is 1. The lowest BCUT2D eigenvalue weighted by molar-refractivity contribution is -0.918. The molecule has 0 saturated carbocycles. The Balaban J connectivity index is -0.00000800. The van der Waals surface area contributed by atoms with Gasteiger partial charge in [0.25, 0.3) is 0 Å². The number of unbranched alkanes of at least 4 members (excludes halogenated alkanes) is 28. The molecule has 0 aromatic rings. The van der Waals surface area contributed by atoms with Gasteiger partial charge in [0.2, 0.25) is 11.8 Å². The van der Waals surface area contributed by atoms with E-state index < -0.39 is 0 Å². The summed E-state index contributed by atoms with van der Waals surface area (Å²) in [7, 11) is 2.36. The molecule has 0 aromatic heterocycles. The van der Waals surface area contributed by atoms with Crippen LogP contribution in [0.1, 0.15) is 232 Å². The van der Waals surface area contributed by atoms with E-state index in [-0.39, 0.29) is 36.9 Å². The molecule has 1 saturated heterocycles. The van der Waals surface area contributed by atoms with Crippen molar-refractivity contribution in [3.63, 3.8) is 0 Å². The van der Waals surface area contributed by atoms with E-state index in [0.29, 0.717) is 12.3 Å². The standard InChI is InChI=1S/C44H87N3O2.2ClH.H3N/c1-4-6-8-10-12-14-16-17-18-19-20-21-22-23-24-25-27-29-31-36-43(48)45-38-32-34-41-47(3,42-46-39-35-37-44(46)49)40-33-30-28-26-15-13-11-9-7-5-2;;;/h4-42H2,1-3H3;2*1H;1H3. The summed E-state index contributed by atoms with van der Waals surface area (Å²) in [5.74, 6) is 0.576. The van der Waals surface area contributed by atoms with Gasteiger partial charge < -0.3 is 40.8 Å². The lowest BCUT2D eigenvalue weighted by atomic mass is 10.0. The zero-order valence-electron chi connectivity index (χ0n) is 35.5. The van der Waals surface area contributed by atoms with E-state index in [4.69, 9.17) is 0 Å². The second kappa shape index (κ2) is 41.6. The Labute approximate surface area is 337 Å². The van der Waals surface area contributed by atoms with Crippen LogP contribution in [0.25, 0.3) is 0 Å². The maximum Gasteiger partial charge on any atom is 0.226 e. The second-order valence-electron chi connectivity index (χ2n) is 16.3. The molecule has 314 valence electrons. The molecule has 1 rings (SSSR count). The van der Waals surface area contributed by atoms with E-state index in [9.17, 15) is 9.59 Å². The van der Waals surface area contributed by atoms with Crippen molar-refractivity contribution in [1.82, 2.24) is 16.4 Å². The van der Waals surface area contributed by atoms with Crippen LogP contribution in [0, 0.1) is 0 Å². The Morgan fingerprint density at radius 3 is 1.27 bits per heavy atom. The van der Waals surface area contributed by atoms with Crippen LogP contribution < -0.4 is 36.3 Å². The fourth-order valence-corrected chi connectivity index (χ4v) is 7.80. The molecule has 6 nitrogen and oxygen atoms in total. The largest absolute Gasteiger partial charge is 1.00 e. The summed E-state index contributed by atoms with van der Waals surface area (Å²) in [6, 6.07) is 0. The molecule has 1 atom stereocenters. The average Bonchev–Trinajstić information content (AvgIpc) is 3.49. The molecule has 0 bridgehead atoms. The van der Waals surface area contributed by atoms with E-state index in [1.165, 1.54) is 180 Å². The van der Waals surface area contributed by atoms with Gasteiger partial charge in [-0.1, -0.05) is 181 Å². The van der Waals surface area contributed by atoms with Crippen LogP contribution in [0.4, 0.5) is 0 Å². The van der Waals surface area contributed by atoms with E-state index in [1.54, 1.807) is 0 Å². The molecule has 52 heavy (non-hydrogen) atoms. The maximum atomic E-state index is 12.4. The van der Waals surface area contributed by atoms with Gasteiger partial charge in [-0.05, 0) is 38.5 Å². The third-order valence-corrected chi connectivity index (χ3v) is 11.2. The first-order valence-corrected chi connectivity index (χ1v) is 22.4. The van der Waals surface area contributed by atoms with Crippen LogP contribution in [0.2, 0.25) is 0 Å². The minimum atomic E-state index is 0. The minimum absolute atomic E-state index is 0. The molecule has 1 aliphatic rings. The summed E-state index contributed by atoms with van der Waals surface area (Å²) in [4.78, 5) is 26.9. The maximum absolute atomic E-state index is 12.4. The van der Waals surface area contributed by atoms with Crippen LogP contribution in [0.3, 0.4) is 0 Å². The van der Waals surface area contributed by atoms with Gasteiger partial charge >= 0.3 is 0 Å². The summed E-state index contributed by atoms with van der Waals surface area (Å²) in [6.07, 6.45) is 44.4. The fraction of sp³-hybridized carbons (Fsp3) is 0.955. The highest BCUT2D eigenvalue weighted by Crippen LogP contribution is 2.18. The van der Waals surface area contributed by atoms with Crippen molar-refractivity contribution in [2.75, 3.05) is 39.9 Å². The molecular weight excluding hydrogens is 687 g/mol. The Kier molecular flexibility index (Phi) is 44.6. The number of nitrogens with zero attached hydrogens (tertiary/aromatic N) is 2. The molecular formula is C44H92Cl2N4O2. The zero-order chi connectivity index (χ0) is 35.5. The summed E-state index contributed by atoms with van der Waals surface area (Å²) in [5.41, 5.74) is 0. The highest BCUT2D eigenvalue weighted by atomic mass is 35.5. The predicted octanol–water partition coefficient (Wildman–Crippen LogP) is 7.04. The highest BCUT2D eigenvalue weighted by molar-refractivity contribution is 5.77. The third kappa shape index (κ3) is 35.2. The zero-order valence-corrected chi connectivity index (χ0v) is 37.1. The van der Waals surface area contributed by atoms with Crippen molar-refractivity contribution in [2.45, 2.75) is 232 Å². The van der Waals surface area contributed by atoms with Crippen LogP contribution in [-0.2, 0) is 9.59 Å². The first kappa shape index (κ1) is 55.8. The number of carbonyl (C=O) groups is 2. The number of rotatable bonds is 38. The van der Waals surface area contributed by atoms with E-state index in [2.05, 4.69) is 31.1 Å². The van der Waals surface area contributed by atoms with Gasteiger partial charge in [0, 0.05) is 25.9 Å². The van der Waals surface area contributed by atoms with E-state index >= 15 is 0 Å². The molecule has 0 aliphatic carbocycles. The van der Waals surface area contributed by atoms with Gasteiger partial charge in [-0.3, -0.25) is 14.5 Å². The topological polar surface area (TPSA) is 85.9 Å². The molecule has 5 N–H and O–H groups in total. The molecule has 1 aliphatic heterocycles. The van der Waals surface area contributed by atoms with Gasteiger partial charge in [0.1, 0.15) is 0 Å². The SMILES string of the molecule is CCCCCCCCCCCCCCCCCCCCCC(=O)NCCCC[N+](C)(CCCCCCCCCCCC)CN1CCCC1=O.[Cl-].[Cl-].[NH4+]. The van der Waals surface area contributed by atoms with Crippen molar-refractivity contribution in [3.8, 4) is 0 Å². The number of amides is 2. The second-order valence-corrected chi connectivity index (χ2v) is 16.3. The van der Waals surface area contributed by atoms with Crippen molar-refractivity contribution >= 4 is 11.8 Å². The van der Waals surface area contributed by atoms with E-state index in [1.807, 2.05) is 0 Å². The summed E-state index contributed by atoms with van der Waals surface area (Å²) >= 11 is 0. The Bertz CT molecular complexity index is 760. The number of hydrogen-bond donors (Lipinski definition) is 2. The van der Waals surface area contributed by atoms with Crippen molar-refractivity contribution in [1.29, 1.82) is 0 Å². The molecule has 0 aromatic carbocycles. The lowest BCUT2D eigenvalue weighted by Crippen LogP contribution is -3.00. The number of halogens is 2. The number of carbonyl (C=O) groups excluding carboxylic acids is 2. The van der Waals surface area contributed by atoms with Gasteiger partial charge in [-0.15, -0.1) is 0 Å². The first-order chi connectivity index (χ1) is 24.0. The van der Waals surface area contributed by atoms with Gasteiger partial charge in [0.05, 0.1) is 20.1 Å². The van der Waals surface area contributed by atoms with Crippen molar-refractivity contribution in [3.05, 3.63) is 0 Å². The van der Waals surface area contributed by atoms with Gasteiger partial charge in [0.15, 0.2) is 6.67 Å². The van der Waals surface area contributed by atoms with Gasteiger partial charge in [-0.2, -0.15) is 0 Å². The van der Waals surface area contributed by atoms with Crippen molar-refractivity contribution in [2.24, 2.45) is 0 Å². The molecule has 1 heterocycles. The van der Waals surface area contributed by atoms with Crippen LogP contribution in [-0.4, -0.2) is 61.1 Å². The number of hydrogen-bond acceptors (Lipinski definition) is 2. The first-order valence-electron chi connectivity index (χ1n) is 22.4. The Morgan fingerprint density at radius 1 is 0.558 bits per heavy atom. The van der Waals surface area contributed by atoms with Crippen molar-refractivity contribution < 1.29 is 38.9 Å². The van der Waals surface area contributed by atoms with Gasteiger partial charge in [-0.25, -0.2) is 0 Å². The molecule has 8 heteroatoms. The Hall–Kier alpha value is -0.560. The smallest absolute Gasteiger partial charge is 0.226 e. The molecule has 1 fully saturated rings. The fourth-order valence-electron chi connectivity index (χ4n) is 7.80. The molecule has 2 amide bonds.